The van der Waals surface area contributed by atoms with Crippen LogP contribution in [0.1, 0.15) is 5.69 Å². The Bertz CT molecular complexity index is 718. The first-order valence-corrected chi connectivity index (χ1v) is 6.11. The molecule has 0 radical (unpaired) electrons. The van der Waals surface area contributed by atoms with Gasteiger partial charge in [0.15, 0.2) is 4.96 Å². The fraction of sp³-hybridized carbons (Fsp3) is 0. The number of benzene rings is 1. The topological polar surface area (TPSA) is 41.1 Å². The summed E-state index contributed by atoms with van der Waals surface area (Å²) < 4.78 is 1.80. The maximum atomic E-state index is 9.22. The first kappa shape index (κ1) is 10.3. The largest absolute Gasteiger partial charge is 0.281 e. The van der Waals surface area contributed by atoms with Crippen LogP contribution >= 0.6 is 22.9 Å². The molecule has 0 bridgehead atoms. The molecule has 0 atom stereocenters. The van der Waals surface area contributed by atoms with E-state index in [0.29, 0.717) is 10.7 Å². The zero-order valence-electron chi connectivity index (χ0n) is 8.59. The van der Waals surface area contributed by atoms with Crippen molar-refractivity contribution >= 4 is 27.9 Å². The summed E-state index contributed by atoms with van der Waals surface area (Å²) in [5.41, 5.74) is 1.60. The van der Waals surface area contributed by atoms with Crippen LogP contribution in [-0.2, 0) is 0 Å². The van der Waals surface area contributed by atoms with E-state index in [4.69, 9.17) is 11.6 Å². The number of thiazole rings is 1. The third-order valence-electron chi connectivity index (χ3n) is 2.47. The maximum Gasteiger partial charge on any atom is 0.195 e. The molecule has 0 aliphatic rings. The highest BCUT2D eigenvalue weighted by atomic mass is 35.5. The number of hydrogen-bond donors (Lipinski definition) is 0. The maximum absolute atomic E-state index is 9.22. The van der Waals surface area contributed by atoms with Gasteiger partial charge in [-0.15, -0.1) is 0 Å². The van der Waals surface area contributed by atoms with E-state index in [2.05, 4.69) is 11.1 Å². The van der Waals surface area contributed by atoms with E-state index >= 15 is 0 Å². The molecular weight excluding hydrogens is 254 g/mol. The van der Waals surface area contributed by atoms with Crippen molar-refractivity contribution in [2.75, 3.05) is 0 Å². The van der Waals surface area contributed by atoms with Gasteiger partial charge in [0, 0.05) is 17.4 Å². The van der Waals surface area contributed by atoms with Gasteiger partial charge in [-0.2, -0.15) is 5.26 Å². The van der Waals surface area contributed by atoms with E-state index in [1.54, 1.807) is 16.8 Å². The van der Waals surface area contributed by atoms with Crippen LogP contribution in [0.4, 0.5) is 0 Å². The quantitative estimate of drug-likeness (QED) is 0.670. The highest BCUT2D eigenvalue weighted by molar-refractivity contribution is 7.20. The summed E-state index contributed by atoms with van der Waals surface area (Å²) in [4.78, 5) is 5.94. The zero-order chi connectivity index (χ0) is 11.8. The highest BCUT2D eigenvalue weighted by Crippen LogP contribution is 2.32. The lowest BCUT2D eigenvalue weighted by molar-refractivity contribution is 1.19. The molecule has 3 aromatic rings. The third-order valence-corrected chi connectivity index (χ3v) is 3.84. The van der Waals surface area contributed by atoms with Crippen LogP contribution in [0.25, 0.3) is 15.4 Å². The number of halogens is 1. The lowest BCUT2D eigenvalue weighted by Crippen LogP contribution is -1.84. The van der Waals surface area contributed by atoms with E-state index in [0.717, 1.165) is 15.4 Å². The fourth-order valence-corrected chi connectivity index (χ4v) is 2.85. The van der Waals surface area contributed by atoms with Crippen LogP contribution in [0, 0.1) is 11.3 Å². The van der Waals surface area contributed by atoms with Crippen LogP contribution in [-0.4, -0.2) is 9.38 Å². The Morgan fingerprint density at radius 2 is 2.06 bits per heavy atom. The Hall–Kier alpha value is -1.83. The van der Waals surface area contributed by atoms with Crippen LogP contribution in [0.5, 0.6) is 0 Å². The Kier molecular flexibility index (Phi) is 2.36. The molecule has 1 aromatic carbocycles. The number of aromatic nitrogens is 2. The number of rotatable bonds is 1. The van der Waals surface area contributed by atoms with Gasteiger partial charge in [0.1, 0.15) is 11.8 Å². The summed E-state index contributed by atoms with van der Waals surface area (Å²) in [5, 5.41) is 9.91. The number of fused-ring (bicyclic) bond motifs is 1. The van der Waals surface area contributed by atoms with Crippen molar-refractivity contribution in [2.24, 2.45) is 0 Å². The molecule has 0 saturated heterocycles. The Morgan fingerprint density at radius 1 is 1.29 bits per heavy atom. The van der Waals surface area contributed by atoms with Crippen molar-refractivity contribution in [2.45, 2.75) is 0 Å². The lowest BCUT2D eigenvalue weighted by atomic mass is 10.1. The lowest BCUT2D eigenvalue weighted by Gasteiger charge is -1.97. The fourth-order valence-electron chi connectivity index (χ4n) is 1.69. The van der Waals surface area contributed by atoms with E-state index in [1.807, 2.05) is 24.3 Å². The van der Waals surface area contributed by atoms with E-state index in [9.17, 15) is 5.26 Å². The zero-order valence-corrected chi connectivity index (χ0v) is 10.2. The molecule has 5 heteroatoms. The molecular formula is C12H6ClN3S. The van der Waals surface area contributed by atoms with Gasteiger partial charge in [-0.1, -0.05) is 35.1 Å². The summed E-state index contributed by atoms with van der Waals surface area (Å²) in [6, 6.07) is 9.68. The molecule has 0 aliphatic heterocycles. The number of nitriles is 1. The average Bonchev–Trinajstić information content (AvgIpc) is 2.89. The second-order valence-electron chi connectivity index (χ2n) is 3.48. The number of hydrogen-bond acceptors (Lipinski definition) is 3. The molecule has 82 valence electrons. The second kappa shape index (κ2) is 3.88. The molecule has 17 heavy (non-hydrogen) atoms. The predicted molar refractivity (Wildman–Crippen MR) is 68.2 cm³/mol. The van der Waals surface area contributed by atoms with Gasteiger partial charge in [0.05, 0.1) is 4.88 Å². The van der Waals surface area contributed by atoms with E-state index in [-0.39, 0.29) is 0 Å². The second-order valence-corrected chi connectivity index (χ2v) is 4.89. The van der Waals surface area contributed by atoms with Crippen molar-refractivity contribution in [3.8, 4) is 16.5 Å². The molecule has 3 rings (SSSR count). The minimum atomic E-state index is 0.616. The molecule has 0 amide bonds. The monoisotopic (exact) mass is 259 g/mol. The molecule has 3 nitrogen and oxygen atoms in total. The van der Waals surface area contributed by atoms with Crippen molar-refractivity contribution in [3.63, 3.8) is 0 Å². The van der Waals surface area contributed by atoms with Gasteiger partial charge >= 0.3 is 0 Å². The minimum absolute atomic E-state index is 0.616. The third kappa shape index (κ3) is 1.60. The Balaban J connectivity index is 2.26. The summed E-state index contributed by atoms with van der Waals surface area (Å²) in [5.74, 6) is 0. The van der Waals surface area contributed by atoms with Crippen molar-refractivity contribution in [1.29, 1.82) is 5.26 Å². The van der Waals surface area contributed by atoms with Crippen molar-refractivity contribution in [1.82, 2.24) is 9.38 Å². The van der Waals surface area contributed by atoms with Gasteiger partial charge in [-0.05, 0) is 17.7 Å². The standard InChI is InChI=1S/C12H6ClN3S/c13-9-3-1-8(2-4-9)11-10(7-14)16-6-5-15-12(16)17-11/h1-6H. The first-order chi connectivity index (χ1) is 8.29. The van der Waals surface area contributed by atoms with Crippen molar-refractivity contribution < 1.29 is 0 Å². The van der Waals surface area contributed by atoms with Gasteiger partial charge in [-0.25, -0.2) is 4.98 Å². The SMILES string of the molecule is N#Cc1c(-c2ccc(Cl)cc2)sc2nccn12. The van der Waals surface area contributed by atoms with Gasteiger partial charge in [0.2, 0.25) is 0 Å². The number of nitrogens with zero attached hydrogens (tertiary/aromatic N) is 3. The van der Waals surface area contributed by atoms with Crippen LogP contribution < -0.4 is 0 Å². The van der Waals surface area contributed by atoms with Gasteiger partial charge in [-0.3, -0.25) is 4.40 Å². The molecule has 0 fully saturated rings. The Morgan fingerprint density at radius 3 is 2.76 bits per heavy atom. The average molecular weight is 260 g/mol. The van der Waals surface area contributed by atoms with Crippen LogP contribution in [0.15, 0.2) is 36.7 Å². The normalized spacial score (nSPS) is 10.6. The summed E-state index contributed by atoms with van der Waals surface area (Å²) in [6.07, 6.45) is 3.49. The van der Waals surface area contributed by atoms with Crippen molar-refractivity contribution in [3.05, 3.63) is 47.4 Å². The van der Waals surface area contributed by atoms with E-state index in [1.165, 1.54) is 11.3 Å². The summed E-state index contributed by atoms with van der Waals surface area (Å²) >= 11 is 7.35. The van der Waals surface area contributed by atoms with E-state index < -0.39 is 0 Å². The predicted octanol–water partition coefficient (Wildman–Crippen LogP) is 3.59. The smallest absolute Gasteiger partial charge is 0.195 e. The molecule has 0 aliphatic carbocycles. The summed E-state index contributed by atoms with van der Waals surface area (Å²) in [6.45, 7) is 0. The van der Waals surface area contributed by atoms with Gasteiger partial charge in [0.25, 0.3) is 0 Å². The molecule has 2 aromatic heterocycles. The highest BCUT2D eigenvalue weighted by Gasteiger charge is 2.13. The van der Waals surface area contributed by atoms with Crippen LogP contribution in [0.3, 0.4) is 0 Å². The number of imidazole rings is 1. The molecule has 0 spiro atoms. The molecule has 0 unspecified atom stereocenters. The Labute approximate surface area is 107 Å². The summed E-state index contributed by atoms with van der Waals surface area (Å²) in [7, 11) is 0. The van der Waals surface area contributed by atoms with Gasteiger partial charge < -0.3 is 0 Å². The van der Waals surface area contributed by atoms with Crippen LogP contribution in [0.2, 0.25) is 5.02 Å². The first-order valence-electron chi connectivity index (χ1n) is 4.91. The molecule has 2 heterocycles. The minimum Gasteiger partial charge on any atom is -0.281 e. The molecule has 0 N–H and O–H groups in total. The molecule has 0 saturated carbocycles.